The lowest BCUT2D eigenvalue weighted by Gasteiger charge is -2.16. The van der Waals surface area contributed by atoms with Gasteiger partial charge in [-0.05, 0) is 79.3 Å². The molecule has 0 radical (unpaired) electrons. The Hall–Kier alpha value is -2.95. The van der Waals surface area contributed by atoms with Gasteiger partial charge in [0.15, 0.2) is 0 Å². The number of methoxy groups -OCH3 is 1. The third-order valence-electron chi connectivity index (χ3n) is 4.26. The summed E-state index contributed by atoms with van der Waals surface area (Å²) in [5.74, 6) is -0.102. The van der Waals surface area contributed by atoms with Crippen LogP contribution in [0.25, 0.3) is 6.08 Å². The molecule has 0 saturated heterocycles. The van der Waals surface area contributed by atoms with Crippen LogP contribution in [-0.2, 0) is 4.84 Å². The van der Waals surface area contributed by atoms with Gasteiger partial charge in [-0.1, -0.05) is 17.3 Å². The van der Waals surface area contributed by atoms with E-state index in [-0.39, 0.29) is 5.82 Å². The van der Waals surface area contributed by atoms with Crippen LogP contribution in [-0.4, -0.2) is 18.8 Å². The van der Waals surface area contributed by atoms with E-state index in [0.29, 0.717) is 11.3 Å². The maximum Gasteiger partial charge on any atom is 0.365 e. The summed E-state index contributed by atoms with van der Waals surface area (Å²) in [7, 11) is 1.57. The highest BCUT2D eigenvalue weighted by molar-refractivity contribution is 6.04. The molecule has 134 valence electrons. The first-order valence-corrected chi connectivity index (χ1v) is 8.54. The van der Waals surface area contributed by atoms with Crippen LogP contribution < -0.4 is 4.74 Å². The zero-order valence-corrected chi connectivity index (χ0v) is 14.6. The van der Waals surface area contributed by atoms with Gasteiger partial charge in [-0.15, -0.1) is 0 Å². The highest BCUT2D eigenvalue weighted by atomic mass is 19.1. The molecule has 0 atom stereocenters. The maximum atomic E-state index is 13.1. The Balaban J connectivity index is 1.74. The Morgan fingerprint density at radius 1 is 1.04 bits per heavy atom. The lowest BCUT2D eigenvalue weighted by atomic mass is 9.91. The molecule has 0 heterocycles. The second kappa shape index (κ2) is 8.43. The minimum atomic E-state index is -0.508. The van der Waals surface area contributed by atoms with Crippen molar-refractivity contribution in [2.24, 2.45) is 5.16 Å². The summed E-state index contributed by atoms with van der Waals surface area (Å²) in [6.45, 7) is 0. The van der Waals surface area contributed by atoms with Crippen LogP contribution >= 0.6 is 0 Å². The van der Waals surface area contributed by atoms with E-state index in [0.717, 1.165) is 42.5 Å². The monoisotopic (exact) mass is 353 g/mol. The molecular formula is C21H20FNO3. The number of hydrogen-bond acceptors (Lipinski definition) is 4. The Morgan fingerprint density at radius 3 is 2.42 bits per heavy atom. The van der Waals surface area contributed by atoms with E-state index in [9.17, 15) is 9.18 Å². The highest BCUT2D eigenvalue weighted by Crippen LogP contribution is 2.24. The molecule has 0 aliphatic heterocycles. The Kier molecular flexibility index (Phi) is 5.79. The van der Waals surface area contributed by atoms with E-state index in [4.69, 9.17) is 9.57 Å². The largest absolute Gasteiger partial charge is 0.497 e. The summed E-state index contributed by atoms with van der Waals surface area (Å²) in [5, 5.41) is 4.09. The molecule has 1 aliphatic rings. The first-order chi connectivity index (χ1) is 12.7. The van der Waals surface area contributed by atoms with Gasteiger partial charge in [0, 0.05) is 0 Å². The molecule has 0 amide bonds. The number of allylic oxidation sites excluding steroid dienone is 1. The van der Waals surface area contributed by atoms with Gasteiger partial charge in [-0.3, -0.25) is 0 Å². The van der Waals surface area contributed by atoms with Gasteiger partial charge in [0.25, 0.3) is 0 Å². The van der Waals surface area contributed by atoms with Gasteiger partial charge < -0.3 is 9.57 Å². The first-order valence-electron chi connectivity index (χ1n) is 8.54. The van der Waals surface area contributed by atoms with Crippen LogP contribution in [0, 0.1) is 5.82 Å². The van der Waals surface area contributed by atoms with Gasteiger partial charge in [-0.2, -0.15) is 0 Å². The zero-order valence-electron chi connectivity index (χ0n) is 14.6. The summed E-state index contributed by atoms with van der Waals surface area (Å²) in [6.07, 6.45) is 5.63. The predicted molar refractivity (Wildman–Crippen MR) is 98.7 cm³/mol. The molecule has 2 aromatic rings. The molecule has 3 rings (SSSR count). The number of benzene rings is 2. The number of carbonyl (C=O) groups excluding carboxylic acids is 1. The number of nitrogens with zero attached hydrogens (tertiary/aromatic N) is 1. The molecule has 26 heavy (non-hydrogen) atoms. The van der Waals surface area contributed by atoms with Crippen LogP contribution in [0.5, 0.6) is 5.75 Å². The van der Waals surface area contributed by atoms with Crippen LogP contribution in [0.15, 0.2) is 59.3 Å². The first kappa shape index (κ1) is 17.9. The zero-order chi connectivity index (χ0) is 18.4. The molecule has 1 fully saturated rings. The summed E-state index contributed by atoms with van der Waals surface area (Å²) in [4.78, 5) is 17.3. The Labute approximate surface area is 151 Å². The second-order valence-electron chi connectivity index (χ2n) is 6.07. The van der Waals surface area contributed by atoms with E-state index >= 15 is 0 Å². The van der Waals surface area contributed by atoms with Gasteiger partial charge in [0.05, 0.1) is 18.4 Å². The third kappa shape index (κ3) is 4.57. The van der Waals surface area contributed by atoms with Crippen molar-refractivity contribution in [3.8, 4) is 5.75 Å². The van der Waals surface area contributed by atoms with Crippen LogP contribution in [0.3, 0.4) is 0 Å². The smallest absolute Gasteiger partial charge is 0.365 e. The average Bonchev–Trinajstić information content (AvgIpc) is 2.69. The van der Waals surface area contributed by atoms with Crippen molar-refractivity contribution < 1.29 is 18.8 Å². The fourth-order valence-electron chi connectivity index (χ4n) is 2.81. The second-order valence-corrected chi connectivity index (χ2v) is 6.07. The molecular weight excluding hydrogens is 333 g/mol. The van der Waals surface area contributed by atoms with Crippen molar-refractivity contribution in [2.45, 2.75) is 25.7 Å². The van der Waals surface area contributed by atoms with Crippen molar-refractivity contribution in [2.75, 3.05) is 7.11 Å². The number of rotatable bonds is 4. The molecule has 1 aliphatic carbocycles. The Bertz CT molecular complexity index is 823. The molecule has 0 bridgehead atoms. The standard InChI is InChI=1S/C21H20FNO3/c1-25-19-12-8-16(9-13-19)21(24)26-23-20-5-3-2-4-17(20)14-15-6-10-18(22)11-7-15/h6-14H,2-5H2,1H3/b17-14+,23-20-. The third-order valence-corrected chi connectivity index (χ3v) is 4.26. The van der Waals surface area contributed by atoms with Crippen molar-refractivity contribution in [3.05, 3.63) is 71.0 Å². The molecule has 2 aromatic carbocycles. The number of ether oxygens (including phenoxy) is 1. The molecule has 4 nitrogen and oxygen atoms in total. The minimum Gasteiger partial charge on any atom is -0.497 e. The van der Waals surface area contributed by atoms with E-state index in [1.165, 1.54) is 12.1 Å². The fourth-order valence-corrected chi connectivity index (χ4v) is 2.81. The summed E-state index contributed by atoms with van der Waals surface area (Å²) >= 11 is 0. The van der Waals surface area contributed by atoms with Crippen molar-refractivity contribution in [1.82, 2.24) is 0 Å². The van der Waals surface area contributed by atoms with Gasteiger partial charge in [-0.25, -0.2) is 9.18 Å². The lowest BCUT2D eigenvalue weighted by Crippen LogP contribution is -2.11. The van der Waals surface area contributed by atoms with Gasteiger partial charge >= 0.3 is 5.97 Å². The summed E-state index contributed by atoms with van der Waals surface area (Å²) in [5.41, 5.74) is 3.10. The molecule has 1 saturated carbocycles. The molecule has 0 spiro atoms. The van der Waals surface area contributed by atoms with Crippen LogP contribution in [0.1, 0.15) is 41.6 Å². The van der Waals surface area contributed by atoms with Crippen LogP contribution in [0.2, 0.25) is 0 Å². The SMILES string of the molecule is COc1ccc(C(=O)O/N=C2/CCCC/C2=C\c2ccc(F)cc2)cc1. The maximum absolute atomic E-state index is 13.1. The van der Waals surface area contributed by atoms with E-state index < -0.39 is 5.97 Å². The fraction of sp³-hybridized carbons (Fsp3) is 0.238. The van der Waals surface area contributed by atoms with Crippen molar-refractivity contribution in [3.63, 3.8) is 0 Å². The van der Waals surface area contributed by atoms with Crippen molar-refractivity contribution >= 4 is 17.8 Å². The minimum absolute atomic E-state index is 0.266. The summed E-state index contributed by atoms with van der Waals surface area (Å²) < 4.78 is 18.1. The number of halogens is 1. The van der Waals surface area contributed by atoms with Gasteiger partial charge in [0.1, 0.15) is 11.6 Å². The Morgan fingerprint density at radius 2 is 1.73 bits per heavy atom. The molecule has 0 unspecified atom stereocenters. The normalized spacial score (nSPS) is 17.3. The van der Waals surface area contributed by atoms with Crippen molar-refractivity contribution in [1.29, 1.82) is 0 Å². The molecule has 0 N–H and O–H groups in total. The predicted octanol–water partition coefficient (Wildman–Crippen LogP) is 5.00. The van der Waals surface area contributed by atoms with Gasteiger partial charge in [0.2, 0.25) is 0 Å². The van der Waals surface area contributed by atoms with E-state index in [2.05, 4.69) is 5.16 Å². The molecule has 0 aromatic heterocycles. The van der Waals surface area contributed by atoms with E-state index in [1.807, 2.05) is 6.08 Å². The quantitative estimate of drug-likeness (QED) is 0.574. The molecule has 5 heteroatoms. The topological polar surface area (TPSA) is 47.9 Å². The number of hydrogen-bond donors (Lipinski definition) is 0. The lowest BCUT2D eigenvalue weighted by molar-refractivity contribution is 0.0515. The number of oxime groups is 1. The highest BCUT2D eigenvalue weighted by Gasteiger charge is 2.16. The summed E-state index contributed by atoms with van der Waals surface area (Å²) in [6, 6.07) is 13.0. The average molecular weight is 353 g/mol. The number of carbonyl (C=O) groups is 1. The van der Waals surface area contributed by atoms with E-state index in [1.54, 1.807) is 43.5 Å². The van der Waals surface area contributed by atoms with Crippen LogP contribution in [0.4, 0.5) is 4.39 Å².